The third kappa shape index (κ3) is 3.43. The lowest BCUT2D eigenvalue weighted by molar-refractivity contribution is 0.152. The minimum atomic E-state index is -2.55. The van der Waals surface area contributed by atoms with E-state index in [1.54, 1.807) is 24.3 Å². The zero-order valence-electron chi connectivity index (χ0n) is 11.3. The maximum Gasteiger partial charge on any atom is 0.255 e. The first-order chi connectivity index (χ1) is 10.0. The van der Waals surface area contributed by atoms with Crippen LogP contribution in [0.15, 0.2) is 30.3 Å². The molecule has 0 radical (unpaired) electrons. The van der Waals surface area contributed by atoms with E-state index in [9.17, 15) is 8.78 Å². The number of fused-ring (bicyclic) bond motifs is 1. The van der Waals surface area contributed by atoms with Crippen molar-refractivity contribution in [2.75, 3.05) is 24.6 Å². The van der Waals surface area contributed by atoms with E-state index in [1.807, 2.05) is 0 Å². The number of aromatic nitrogens is 1. The van der Waals surface area contributed by atoms with E-state index in [0.29, 0.717) is 16.5 Å². The predicted octanol–water partition coefficient (Wildman–Crippen LogP) is 1.58. The van der Waals surface area contributed by atoms with Gasteiger partial charge in [-0.1, -0.05) is 18.2 Å². The van der Waals surface area contributed by atoms with Gasteiger partial charge in [0.25, 0.3) is 6.43 Å². The number of anilines is 1. The summed E-state index contributed by atoms with van der Waals surface area (Å²) in [4.78, 5) is 5.60. The van der Waals surface area contributed by atoms with Crippen LogP contribution >= 0.6 is 0 Å². The fourth-order valence-electron chi connectivity index (χ4n) is 2.13. The van der Waals surface area contributed by atoms with Gasteiger partial charge in [0.1, 0.15) is 11.7 Å². The van der Waals surface area contributed by atoms with Crippen molar-refractivity contribution in [3.05, 3.63) is 35.9 Å². The molecule has 0 aliphatic rings. The second-order valence-electron chi connectivity index (χ2n) is 4.52. The molecule has 5 nitrogen and oxygen atoms in total. The van der Waals surface area contributed by atoms with Gasteiger partial charge < -0.3 is 15.7 Å². The standard InChI is InChI=1S/C14H16F2N4O/c15-12(16)8-20(5-6-21)13-7-10(14(17)18)9-3-1-2-4-11(9)19-13/h1-4,7,12,21H,5-6,8H2,(H3,17,18). The molecular weight excluding hydrogens is 278 g/mol. The number of aliphatic hydroxyl groups excluding tert-OH is 1. The van der Waals surface area contributed by atoms with E-state index in [1.165, 1.54) is 11.0 Å². The van der Waals surface area contributed by atoms with E-state index >= 15 is 0 Å². The summed E-state index contributed by atoms with van der Waals surface area (Å²) in [7, 11) is 0. The molecule has 1 aromatic carbocycles. The van der Waals surface area contributed by atoms with Crippen LogP contribution in [0.5, 0.6) is 0 Å². The van der Waals surface area contributed by atoms with Crippen molar-refractivity contribution < 1.29 is 13.9 Å². The normalized spacial score (nSPS) is 11.0. The second kappa shape index (κ2) is 6.45. The topological polar surface area (TPSA) is 86.2 Å². The van der Waals surface area contributed by atoms with Crippen molar-refractivity contribution in [1.29, 1.82) is 5.41 Å². The zero-order valence-corrected chi connectivity index (χ0v) is 11.3. The van der Waals surface area contributed by atoms with Crippen LogP contribution < -0.4 is 10.6 Å². The molecule has 0 saturated heterocycles. The van der Waals surface area contributed by atoms with Crippen LogP contribution in [0.25, 0.3) is 10.9 Å². The number of pyridine rings is 1. The highest BCUT2D eigenvalue weighted by Crippen LogP contribution is 2.23. The number of rotatable bonds is 6. The first kappa shape index (κ1) is 15.1. The number of nitrogens with one attached hydrogen (secondary N) is 1. The molecule has 0 fully saturated rings. The number of hydrogen-bond acceptors (Lipinski definition) is 4. The van der Waals surface area contributed by atoms with Gasteiger partial charge in [-0.15, -0.1) is 0 Å². The smallest absolute Gasteiger partial charge is 0.255 e. The van der Waals surface area contributed by atoms with Crippen LogP contribution in [0.4, 0.5) is 14.6 Å². The van der Waals surface area contributed by atoms with Crippen molar-refractivity contribution in [1.82, 2.24) is 4.98 Å². The zero-order chi connectivity index (χ0) is 15.4. The monoisotopic (exact) mass is 294 g/mol. The number of para-hydroxylation sites is 1. The van der Waals surface area contributed by atoms with Crippen molar-refractivity contribution >= 4 is 22.6 Å². The van der Waals surface area contributed by atoms with Crippen LogP contribution in [0.1, 0.15) is 5.56 Å². The van der Waals surface area contributed by atoms with Gasteiger partial charge in [-0.3, -0.25) is 5.41 Å². The van der Waals surface area contributed by atoms with Crippen LogP contribution in [0.3, 0.4) is 0 Å². The molecule has 1 aromatic heterocycles. The molecule has 112 valence electrons. The molecule has 21 heavy (non-hydrogen) atoms. The average Bonchev–Trinajstić information content (AvgIpc) is 2.45. The van der Waals surface area contributed by atoms with Gasteiger partial charge in [0.05, 0.1) is 18.7 Å². The first-order valence-electron chi connectivity index (χ1n) is 6.41. The van der Waals surface area contributed by atoms with Crippen molar-refractivity contribution in [3.63, 3.8) is 0 Å². The van der Waals surface area contributed by atoms with Crippen molar-refractivity contribution in [2.45, 2.75) is 6.43 Å². The van der Waals surface area contributed by atoms with Crippen LogP contribution in [0, 0.1) is 5.41 Å². The summed E-state index contributed by atoms with van der Waals surface area (Å²) in [6.07, 6.45) is -2.55. The Bertz CT molecular complexity index is 648. The number of nitrogens with two attached hydrogens (primary N) is 1. The maximum atomic E-state index is 12.6. The Morgan fingerprint density at radius 3 is 2.71 bits per heavy atom. The number of benzene rings is 1. The lowest BCUT2D eigenvalue weighted by atomic mass is 10.1. The third-order valence-electron chi connectivity index (χ3n) is 3.05. The number of halogens is 2. The maximum absolute atomic E-state index is 12.6. The summed E-state index contributed by atoms with van der Waals surface area (Å²) >= 11 is 0. The minimum absolute atomic E-state index is 0.0347. The summed E-state index contributed by atoms with van der Waals surface area (Å²) < 4.78 is 25.3. The molecule has 0 aliphatic heterocycles. The lowest BCUT2D eigenvalue weighted by Crippen LogP contribution is -2.32. The van der Waals surface area contributed by atoms with E-state index in [4.69, 9.17) is 16.2 Å². The molecule has 0 bridgehead atoms. The Balaban J connectivity index is 2.54. The molecule has 7 heteroatoms. The van der Waals surface area contributed by atoms with E-state index in [-0.39, 0.29) is 24.8 Å². The number of nitrogens with zero attached hydrogens (tertiary/aromatic N) is 2. The summed E-state index contributed by atoms with van der Waals surface area (Å²) in [5.74, 6) is 0.115. The highest BCUT2D eigenvalue weighted by atomic mass is 19.3. The molecule has 0 saturated carbocycles. The third-order valence-corrected chi connectivity index (χ3v) is 3.05. The lowest BCUT2D eigenvalue weighted by Gasteiger charge is -2.23. The first-order valence-corrected chi connectivity index (χ1v) is 6.41. The number of aliphatic hydroxyl groups is 1. The van der Waals surface area contributed by atoms with Gasteiger partial charge in [0.2, 0.25) is 0 Å². The molecule has 1 heterocycles. The molecule has 0 spiro atoms. The van der Waals surface area contributed by atoms with Crippen molar-refractivity contribution in [3.8, 4) is 0 Å². The second-order valence-corrected chi connectivity index (χ2v) is 4.52. The van der Waals surface area contributed by atoms with E-state index in [0.717, 1.165) is 0 Å². The summed E-state index contributed by atoms with van der Waals surface area (Å²) in [5, 5.41) is 17.3. The van der Waals surface area contributed by atoms with Gasteiger partial charge in [0.15, 0.2) is 0 Å². The SMILES string of the molecule is N=C(N)c1cc(N(CCO)CC(F)F)nc2ccccc12. The number of nitrogen functional groups attached to an aromatic ring is 1. The molecule has 0 amide bonds. The van der Waals surface area contributed by atoms with Gasteiger partial charge in [-0.2, -0.15) is 0 Å². The van der Waals surface area contributed by atoms with Gasteiger partial charge >= 0.3 is 0 Å². The fourth-order valence-corrected chi connectivity index (χ4v) is 2.13. The van der Waals surface area contributed by atoms with Crippen LogP contribution in [-0.2, 0) is 0 Å². The van der Waals surface area contributed by atoms with Gasteiger partial charge in [-0.25, -0.2) is 13.8 Å². The van der Waals surface area contributed by atoms with E-state index in [2.05, 4.69) is 4.98 Å². The summed E-state index contributed by atoms with van der Waals surface area (Å²) in [6, 6.07) is 8.56. The van der Waals surface area contributed by atoms with Crippen LogP contribution in [0.2, 0.25) is 0 Å². The van der Waals surface area contributed by atoms with Gasteiger partial charge in [0, 0.05) is 17.5 Å². The van der Waals surface area contributed by atoms with Crippen LogP contribution in [-0.4, -0.2) is 42.0 Å². The Labute approximate surface area is 120 Å². The highest BCUT2D eigenvalue weighted by molar-refractivity contribution is 6.07. The Morgan fingerprint density at radius 2 is 2.10 bits per heavy atom. The largest absolute Gasteiger partial charge is 0.395 e. The van der Waals surface area contributed by atoms with Gasteiger partial charge in [-0.05, 0) is 12.1 Å². The minimum Gasteiger partial charge on any atom is -0.395 e. The number of alkyl halides is 2. The predicted molar refractivity (Wildman–Crippen MR) is 78.1 cm³/mol. The molecule has 0 atom stereocenters. The molecule has 2 rings (SSSR count). The molecular formula is C14H16F2N4O. The Hall–Kier alpha value is -2.28. The molecule has 0 unspecified atom stereocenters. The highest BCUT2D eigenvalue weighted by Gasteiger charge is 2.16. The fraction of sp³-hybridized carbons (Fsp3) is 0.286. The Kier molecular flexibility index (Phi) is 4.64. The van der Waals surface area contributed by atoms with Crippen molar-refractivity contribution in [2.24, 2.45) is 5.73 Å². The Morgan fingerprint density at radius 1 is 1.38 bits per heavy atom. The quantitative estimate of drug-likeness (QED) is 0.558. The molecule has 2 aromatic rings. The van der Waals surface area contributed by atoms with E-state index < -0.39 is 13.0 Å². The molecule has 0 aliphatic carbocycles. The average molecular weight is 294 g/mol. The number of hydrogen-bond donors (Lipinski definition) is 3. The molecule has 4 N–H and O–H groups in total. The summed E-state index contributed by atoms with van der Waals surface area (Å²) in [5.41, 5.74) is 6.57. The number of amidine groups is 1. The summed E-state index contributed by atoms with van der Waals surface area (Å²) in [6.45, 7) is -0.771.